The number of aromatic amines is 2. The number of fused-ring (bicyclic) bond motifs is 5. The Bertz CT molecular complexity index is 2070. The van der Waals surface area contributed by atoms with Crippen molar-refractivity contribution in [1.82, 2.24) is 24.5 Å². The van der Waals surface area contributed by atoms with Gasteiger partial charge in [0.05, 0.1) is 18.3 Å². The average Bonchev–Trinajstić information content (AvgIpc) is 3.68. The number of aromatic nitrogens is 5. The van der Waals surface area contributed by atoms with Crippen molar-refractivity contribution in [1.29, 1.82) is 5.41 Å². The highest BCUT2D eigenvalue weighted by Gasteiger charge is 2.36. The molecule has 3 aromatic carbocycles. The minimum absolute atomic E-state index is 0.103. The topological polar surface area (TPSA) is 127 Å². The first kappa shape index (κ1) is 22.8. The highest BCUT2D eigenvalue weighted by Crippen LogP contribution is 2.46. The number of carbonyl (C=O) groups is 1. The Balaban J connectivity index is 1.34. The molecule has 0 saturated carbocycles. The molecule has 1 amide bonds. The number of nitrogens with one attached hydrogen (secondary N) is 3. The summed E-state index contributed by atoms with van der Waals surface area (Å²) in [4.78, 5) is 30.6. The molecule has 0 unspecified atom stereocenters. The van der Waals surface area contributed by atoms with Gasteiger partial charge in [0.1, 0.15) is 17.0 Å². The molecule has 0 aliphatic carbocycles. The number of nitrogens with zero attached hydrogens (tertiary/aromatic N) is 4. The number of hydrogen-bond donors (Lipinski definition) is 4. The number of phenolic OH excluding ortho intramolecular Hbond substituents is 1. The van der Waals surface area contributed by atoms with Gasteiger partial charge in [0.15, 0.2) is 11.1 Å². The van der Waals surface area contributed by atoms with Crippen molar-refractivity contribution in [2.75, 3.05) is 11.4 Å². The molecule has 39 heavy (non-hydrogen) atoms. The van der Waals surface area contributed by atoms with Crippen LogP contribution in [0.1, 0.15) is 34.5 Å². The number of aromatic hydroxyl groups is 1. The van der Waals surface area contributed by atoms with E-state index in [0.717, 1.165) is 32.8 Å². The molecular formula is C30H23N7O2. The van der Waals surface area contributed by atoms with Crippen LogP contribution in [-0.2, 0) is 6.54 Å². The van der Waals surface area contributed by atoms with Crippen molar-refractivity contribution in [3.8, 4) is 17.6 Å². The SMILES string of the molecule is CC#Cc1ccc2[nH]c(C(=O)N3C[C@@H](Cn4cnc(=N)c5[nH]cnc54)c4c3cc(O)c3ccccc43)cc2c1. The summed E-state index contributed by atoms with van der Waals surface area (Å²) < 4.78 is 1.91. The van der Waals surface area contributed by atoms with Gasteiger partial charge in [-0.05, 0) is 42.1 Å². The Hall–Kier alpha value is -5.36. The fourth-order valence-corrected chi connectivity index (χ4v) is 5.68. The summed E-state index contributed by atoms with van der Waals surface area (Å²) in [6, 6.07) is 17.1. The molecule has 4 heterocycles. The molecule has 0 bridgehead atoms. The van der Waals surface area contributed by atoms with E-state index in [1.165, 1.54) is 0 Å². The molecule has 7 rings (SSSR count). The Morgan fingerprint density at radius 1 is 1.15 bits per heavy atom. The number of H-pyrrole nitrogens is 2. The molecule has 9 nitrogen and oxygen atoms in total. The van der Waals surface area contributed by atoms with E-state index in [-0.39, 0.29) is 23.1 Å². The fraction of sp³-hybridized carbons (Fsp3) is 0.133. The van der Waals surface area contributed by atoms with Crippen molar-refractivity contribution < 1.29 is 9.90 Å². The van der Waals surface area contributed by atoms with Gasteiger partial charge in [-0.1, -0.05) is 30.2 Å². The van der Waals surface area contributed by atoms with E-state index >= 15 is 0 Å². The Kier molecular flexibility index (Phi) is 5.03. The second kappa shape index (κ2) is 8.60. The second-order valence-corrected chi connectivity index (χ2v) is 9.69. The van der Waals surface area contributed by atoms with Gasteiger partial charge < -0.3 is 24.5 Å². The number of amides is 1. The molecule has 0 fully saturated rings. The van der Waals surface area contributed by atoms with Crippen LogP contribution in [0.4, 0.5) is 5.69 Å². The molecule has 0 radical (unpaired) electrons. The summed E-state index contributed by atoms with van der Waals surface area (Å²) in [7, 11) is 0. The third-order valence-electron chi connectivity index (χ3n) is 7.38. The zero-order chi connectivity index (χ0) is 26.7. The molecule has 6 aromatic rings. The lowest BCUT2D eigenvalue weighted by Crippen LogP contribution is -2.31. The maximum Gasteiger partial charge on any atom is 0.274 e. The molecular weight excluding hydrogens is 490 g/mol. The van der Waals surface area contributed by atoms with Crippen LogP contribution in [-0.4, -0.2) is 42.1 Å². The lowest BCUT2D eigenvalue weighted by molar-refractivity contribution is 0.0984. The molecule has 1 aliphatic heterocycles. The normalized spacial score (nSPS) is 14.6. The van der Waals surface area contributed by atoms with Gasteiger partial charge in [-0.3, -0.25) is 10.2 Å². The minimum Gasteiger partial charge on any atom is -0.507 e. The van der Waals surface area contributed by atoms with E-state index in [0.29, 0.717) is 35.6 Å². The predicted molar refractivity (Wildman–Crippen MR) is 149 cm³/mol. The maximum atomic E-state index is 14.0. The summed E-state index contributed by atoms with van der Waals surface area (Å²) in [6.45, 7) is 2.69. The quantitative estimate of drug-likeness (QED) is 0.262. The van der Waals surface area contributed by atoms with Gasteiger partial charge in [0, 0.05) is 46.9 Å². The number of rotatable bonds is 3. The molecule has 9 heteroatoms. The highest BCUT2D eigenvalue weighted by molar-refractivity contribution is 6.11. The number of imidazole rings is 1. The maximum absolute atomic E-state index is 14.0. The van der Waals surface area contributed by atoms with Gasteiger partial charge in [-0.2, -0.15) is 0 Å². The second-order valence-electron chi connectivity index (χ2n) is 9.69. The summed E-state index contributed by atoms with van der Waals surface area (Å²) >= 11 is 0. The van der Waals surface area contributed by atoms with Crippen LogP contribution in [0.5, 0.6) is 5.75 Å². The lowest BCUT2D eigenvalue weighted by Gasteiger charge is -2.18. The van der Waals surface area contributed by atoms with Crippen molar-refractivity contribution in [3.63, 3.8) is 0 Å². The van der Waals surface area contributed by atoms with Crippen molar-refractivity contribution in [3.05, 3.63) is 89.6 Å². The summed E-state index contributed by atoms with van der Waals surface area (Å²) in [5.74, 6) is 5.82. The number of anilines is 1. The third kappa shape index (κ3) is 3.57. The zero-order valence-electron chi connectivity index (χ0n) is 21.0. The predicted octanol–water partition coefficient (Wildman–Crippen LogP) is 4.39. The zero-order valence-corrected chi connectivity index (χ0v) is 21.0. The number of hydrogen-bond acceptors (Lipinski definition) is 5. The van der Waals surface area contributed by atoms with E-state index in [1.807, 2.05) is 53.1 Å². The van der Waals surface area contributed by atoms with E-state index < -0.39 is 0 Å². The standard InChI is InChI=1S/C30H23N7O2/c1-2-5-17-8-9-22-18(10-17)11-23(35-22)30(39)37-14-19(13-36-16-34-28(31)27-29(36)33-15-32-27)26-21-7-4-3-6-20(21)25(38)12-24(26)37/h3-4,6-12,15-16,19,31,35,38H,13-14H2,1H3,(H,32,33)/t19-/m1/s1. The van der Waals surface area contributed by atoms with Crippen molar-refractivity contribution in [2.24, 2.45) is 0 Å². The molecule has 1 atom stereocenters. The van der Waals surface area contributed by atoms with Gasteiger partial charge >= 0.3 is 0 Å². The average molecular weight is 514 g/mol. The van der Waals surface area contributed by atoms with E-state index in [2.05, 4.69) is 31.8 Å². The number of phenols is 1. The monoisotopic (exact) mass is 513 g/mol. The van der Waals surface area contributed by atoms with Gasteiger partial charge in [0.25, 0.3) is 5.91 Å². The van der Waals surface area contributed by atoms with Crippen LogP contribution in [0.15, 0.2) is 67.3 Å². The van der Waals surface area contributed by atoms with E-state index in [9.17, 15) is 9.90 Å². The van der Waals surface area contributed by atoms with Crippen LogP contribution in [0.2, 0.25) is 0 Å². The van der Waals surface area contributed by atoms with Crippen molar-refractivity contribution in [2.45, 2.75) is 19.4 Å². The Labute approximate surface area is 222 Å². The Morgan fingerprint density at radius 3 is 2.85 bits per heavy atom. The third-order valence-corrected chi connectivity index (χ3v) is 7.38. The number of benzene rings is 3. The smallest absolute Gasteiger partial charge is 0.274 e. The first-order valence-electron chi connectivity index (χ1n) is 12.6. The highest BCUT2D eigenvalue weighted by atomic mass is 16.3. The number of carbonyl (C=O) groups excluding carboxylic acids is 1. The Morgan fingerprint density at radius 2 is 2.00 bits per heavy atom. The summed E-state index contributed by atoms with van der Waals surface area (Å²) in [6.07, 6.45) is 3.17. The summed E-state index contributed by atoms with van der Waals surface area (Å²) in [5.41, 5.74) is 5.20. The molecule has 1 aliphatic rings. The first-order valence-corrected chi connectivity index (χ1v) is 12.6. The largest absolute Gasteiger partial charge is 0.507 e. The van der Waals surface area contributed by atoms with Crippen LogP contribution in [0.3, 0.4) is 0 Å². The molecule has 3 aromatic heterocycles. The van der Waals surface area contributed by atoms with Crippen molar-refractivity contribution >= 4 is 44.4 Å². The van der Waals surface area contributed by atoms with E-state index in [4.69, 9.17) is 5.41 Å². The van der Waals surface area contributed by atoms with E-state index in [1.54, 1.807) is 30.5 Å². The van der Waals surface area contributed by atoms with Gasteiger partial charge in [-0.25, -0.2) is 9.97 Å². The lowest BCUT2D eigenvalue weighted by atomic mass is 9.94. The van der Waals surface area contributed by atoms with Gasteiger partial charge in [0.2, 0.25) is 0 Å². The van der Waals surface area contributed by atoms with Crippen LogP contribution in [0, 0.1) is 17.3 Å². The van der Waals surface area contributed by atoms with Gasteiger partial charge in [-0.15, -0.1) is 5.92 Å². The molecule has 0 saturated heterocycles. The minimum atomic E-state index is -0.178. The molecule has 190 valence electrons. The fourth-order valence-electron chi connectivity index (χ4n) is 5.68. The molecule has 0 spiro atoms. The van der Waals surface area contributed by atoms with Crippen LogP contribution in [0.25, 0.3) is 32.8 Å². The van der Waals surface area contributed by atoms with Crippen LogP contribution >= 0.6 is 0 Å². The molecule has 4 N–H and O–H groups in total. The summed E-state index contributed by atoms with van der Waals surface area (Å²) in [5, 5.41) is 21.5. The first-order chi connectivity index (χ1) is 19.0. The van der Waals surface area contributed by atoms with Crippen LogP contribution < -0.4 is 10.4 Å².